The van der Waals surface area contributed by atoms with E-state index in [4.69, 9.17) is 9.47 Å². The standard InChI is InChI=1S/C15H22N2O4/c1-6-10-17(14(19)21-15(2,3)4)12-11(13(18)20-5)8-7-9-16-12/h7-9H,6,10H2,1-5H3. The zero-order valence-corrected chi connectivity index (χ0v) is 13.2. The monoisotopic (exact) mass is 294 g/mol. The highest BCUT2D eigenvalue weighted by atomic mass is 16.6. The van der Waals surface area contributed by atoms with Crippen molar-refractivity contribution in [3.63, 3.8) is 0 Å². The Kier molecular flexibility index (Phi) is 5.69. The Hall–Kier alpha value is -2.11. The molecule has 6 nitrogen and oxygen atoms in total. The highest BCUT2D eigenvalue weighted by Gasteiger charge is 2.27. The van der Waals surface area contributed by atoms with E-state index in [-0.39, 0.29) is 11.4 Å². The molecule has 0 radical (unpaired) electrons. The molecule has 0 unspecified atom stereocenters. The molecule has 1 aromatic heterocycles. The molecule has 116 valence electrons. The average Bonchev–Trinajstić information content (AvgIpc) is 2.42. The smallest absolute Gasteiger partial charge is 0.416 e. The van der Waals surface area contributed by atoms with Crippen LogP contribution in [-0.4, -0.2) is 36.3 Å². The van der Waals surface area contributed by atoms with E-state index in [2.05, 4.69) is 4.98 Å². The van der Waals surface area contributed by atoms with E-state index in [1.54, 1.807) is 32.9 Å². The van der Waals surface area contributed by atoms with E-state index in [9.17, 15) is 9.59 Å². The number of pyridine rings is 1. The van der Waals surface area contributed by atoms with Crippen molar-refractivity contribution in [2.45, 2.75) is 39.7 Å². The molecule has 0 bridgehead atoms. The third-order valence-electron chi connectivity index (χ3n) is 2.51. The fraction of sp³-hybridized carbons (Fsp3) is 0.533. The molecule has 6 heteroatoms. The summed E-state index contributed by atoms with van der Waals surface area (Å²) in [6.45, 7) is 7.69. The number of ether oxygens (including phenoxy) is 2. The van der Waals surface area contributed by atoms with E-state index in [1.165, 1.54) is 18.2 Å². The maximum Gasteiger partial charge on any atom is 0.416 e. The third-order valence-corrected chi connectivity index (χ3v) is 2.51. The summed E-state index contributed by atoms with van der Waals surface area (Å²) in [6, 6.07) is 3.19. The van der Waals surface area contributed by atoms with Crippen molar-refractivity contribution in [1.82, 2.24) is 4.98 Å². The summed E-state index contributed by atoms with van der Waals surface area (Å²) in [5.41, 5.74) is -0.386. The molecule has 0 saturated carbocycles. The van der Waals surface area contributed by atoms with Crippen molar-refractivity contribution in [2.75, 3.05) is 18.6 Å². The van der Waals surface area contributed by atoms with Gasteiger partial charge in [0.15, 0.2) is 5.82 Å². The van der Waals surface area contributed by atoms with Crippen LogP contribution in [0, 0.1) is 0 Å². The Labute approximate surface area is 125 Å². The normalized spacial score (nSPS) is 10.9. The molecule has 0 saturated heterocycles. The Morgan fingerprint density at radius 3 is 2.52 bits per heavy atom. The number of methoxy groups -OCH3 is 1. The van der Waals surface area contributed by atoms with E-state index in [1.807, 2.05) is 6.92 Å². The average molecular weight is 294 g/mol. The number of nitrogens with zero attached hydrogens (tertiary/aromatic N) is 2. The first kappa shape index (κ1) is 16.9. The van der Waals surface area contributed by atoms with Crippen molar-refractivity contribution >= 4 is 17.9 Å². The van der Waals surface area contributed by atoms with Gasteiger partial charge in [-0.3, -0.25) is 4.90 Å². The number of esters is 1. The highest BCUT2D eigenvalue weighted by Crippen LogP contribution is 2.21. The van der Waals surface area contributed by atoms with Crippen LogP contribution in [0.3, 0.4) is 0 Å². The van der Waals surface area contributed by atoms with Gasteiger partial charge in [-0.25, -0.2) is 14.6 Å². The second kappa shape index (κ2) is 7.06. The van der Waals surface area contributed by atoms with Gasteiger partial charge in [0.25, 0.3) is 0 Å². The lowest BCUT2D eigenvalue weighted by molar-refractivity contribution is 0.0577. The number of hydrogen-bond acceptors (Lipinski definition) is 5. The van der Waals surface area contributed by atoms with Gasteiger partial charge in [0, 0.05) is 12.7 Å². The fourth-order valence-electron chi connectivity index (χ4n) is 1.71. The van der Waals surface area contributed by atoms with Crippen molar-refractivity contribution in [2.24, 2.45) is 0 Å². The van der Waals surface area contributed by atoms with E-state index in [0.717, 1.165) is 0 Å². The summed E-state index contributed by atoms with van der Waals surface area (Å²) in [4.78, 5) is 29.6. The summed E-state index contributed by atoms with van der Waals surface area (Å²) in [6.07, 6.45) is 1.69. The second-order valence-corrected chi connectivity index (χ2v) is 5.50. The van der Waals surface area contributed by atoms with Crippen molar-refractivity contribution in [3.05, 3.63) is 23.9 Å². The summed E-state index contributed by atoms with van der Waals surface area (Å²) >= 11 is 0. The number of hydrogen-bond donors (Lipinski definition) is 0. The van der Waals surface area contributed by atoms with Gasteiger partial charge in [-0.15, -0.1) is 0 Å². The van der Waals surface area contributed by atoms with Gasteiger partial charge in [0.05, 0.1) is 7.11 Å². The number of carbonyl (C=O) groups excluding carboxylic acids is 2. The van der Waals surface area contributed by atoms with Crippen LogP contribution in [0.5, 0.6) is 0 Å². The number of anilines is 1. The van der Waals surface area contributed by atoms with E-state index in [0.29, 0.717) is 13.0 Å². The van der Waals surface area contributed by atoms with Crippen LogP contribution in [0.2, 0.25) is 0 Å². The lowest BCUT2D eigenvalue weighted by atomic mass is 10.2. The van der Waals surface area contributed by atoms with E-state index >= 15 is 0 Å². The minimum atomic E-state index is -0.622. The lowest BCUT2D eigenvalue weighted by Crippen LogP contribution is -2.38. The van der Waals surface area contributed by atoms with Crippen LogP contribution in [0.25, 0.3) is 0 Å². The topological polar surface area (TPSA) is 68.7 Å². The summed E-state index contributed by atoms with van der Waals surface area (Å²) < 4.78 is 10.1. The molecule has 0 aliphatic heterocycles. The predicted octanol–water partition coefficient (Wildman–Crippen LogP) is 3.02. The first-order valence-electron chi connectivity index (χ1n) is 6.84. The highest BCUT2D eigenvalue weighted by molar-refractivity contribution is 5.99. The molecule has 1 aromatic rings. The van der Waals surface area contributed by atoms with Crippen molar-refractivity contribution < 1.29 is 19.1 Å². The summed E-state index contributed by atoms with van der Waals surface area (Å²) in [5.74, 6) is -0.289. The molecule has 0 spiro atoms. The molecule has 0 atom stereocenters. The van der Waals surface area contributed by atoms with E-state index < -0.39 is 17.7 Å². The van der Waals surface area contributed by atoms with Crippen LogP contribution in [0.1, 0.15) is 44.5 Å². The zero-order valence-electron chi connectivity index (χ0n) is 13.2. The molecule has 0 fully saturated rings. The Morgan fingerprint density at radius 2 is 2.00 bits per heavy atom. The van der Waals surface area contributed by atoms with Crippen LogP contribution >= 0.6 is 0 Å². The fourth-order valence-corrected chi connectivity index (χ4v) is 1.71. The summed E-state index contributed by atoms with van der Waals surface area (Å²) in [7, 11) is 1.29. The minimum Gasteiger partial charge on any atom is -0.465 e. The summed E-state index contributed by atoms with van der Waals surface area (Å²) in [5, 5.41) is 0. The van der Waals surface area contributed by atoms with Crippen molar-refractivity contribution in [3.8, 4) is 0 Å². The first-order valence-corrected chi connectivity index (χ1v) is 6.84. The SMILES string of the molecule is CCCN(C(=O)OC(C)(C)C)c1ncccc1C(=O)OC. The largest absolute Gasteiger partial charge is 0.465 e. The molecule has 1 amide bonds. The van der Waals surface area contributed by atoms with Gasteiger partial charge in [-0.1, -0.05) is 6.92 Å². The Bertz CT molecular complexity index is 509. The molecule has 0 N–H and O–H groups in total. The number of rotatable bonds is 4. The van der Waals surface area contributed by atoms with Crippen molar-refractivity contribution in [1.29, 1.82) is 0 Å². The van der Waals surface area contributed by atoms with Gasteiger partial charge < -0.3 is 9.47 Å². The Morgan fingerprint density at radius 1 is 1.33 bits per heavy atom. The van der Waals surface area contributed by atoms with Gasteiger partial charge in [0.1, 0.15) is 11.2 Å². The van der Waals surface area contributed by atoms with Crippen LogP contribution in [0.4, 0.5) is 10.6 Å². The zero-order chi connectivity index (χ0) is 16.0. The number of amides is 1. The minimum absolute atomic E-state index is 0.235. The maximum absolute atomic E-state index is 12.3. The van der Waals surface area contributed by atoms with Crippen LogP contribution < -0.4 is 4.90 Å². The van der Waals surface area contributed by atoms with Crippen LogP contribution in [-0.2, 0) is 9.47 Å². The van der Waals surface area contributed by atoms with Crippen LogP contribution in [0.15, 0.2) is 18.3 Å². The first-order chi connectivity index (χ1) is 9.80. The molecule has 0 aliphatic carbocycles. The lowest BCUT2D eigenvalue weighted by Gasteiger charge is -2.27. The molecule has 1 rings (SSSR count). The molecule has 0 aliphatic rings. The third kappa shape index (κ3) is 4.73. The van der Waals surface area contributed by atoms with Gasteiger partial charge >= 0.3 is 12.1 Å². The van der Waals surface area contributed by atoms with Gasteiger partial charge in [0.2, 0.25) is 0 Å². The molecule has 1 heterocycles. The maximum atomic E-state index is 12.3. The van der Waals surface area contributed by atoms with Gasteiger partial charge in [-0.2, -0.15) is 0 Å². The molecular formula is C15H22N2O4. The van der Waals surface area contributed by atoms with Gasteiger partial charge in [-0.05, 0) is 39.3 Å². The quantitative estimate of drug-likeness (QED) is 0.798. The molecular weight excluding hydrogens is 272 g/mol. The number of carbonyl (C=O) groups is 2. The second-order valence-electron chi connectivity index (χ2n) is 5.50. The Balaban J connectivity index is 3.17. The molecule has 21 heavy (non-hydrogen) atoms. The number of aromatic nitrogens is 1. The molecule has 0 aromatic carbocycles. The predicted molar refractivity (Wildman–Crippen MR) is 79.4 cm³/mol.